The molecule has 8 heteroatoms. The minimum atomic E-state index is -0.744. The monoisotopic (exact) mass is 437 g/mol. The molecule has 0 spiro atoms. The molecule has 1 fully saturated rings. The van der Waals surface area contributed by atoms with E-state index in [2.05, 4.69) is 0 Å². The summed E-state index contributed by atoms with van der Waals surface area (Å²) in [4.78, 5) is 14.8. The van der Waals surface area contributed by atoms with Gasteiger partial charge in [0.05, 0.1) is 11.1 Å². The van der Waals surface area contributed by atoms with Gasteiger partial charge in [-0.2, -0.15) is 0 Å². The fraction of sp³-hybridized carbons (Fsp3) is 0.286. The lowest BCUT2D eigenvalue weighted by molar-refractivity contribution is 0.0630. The first kappa shape index (κ1) is 21.5. The van der Waals surface area contributed by atoms with Crippen LogP contribution in [0.15, 0.2) is 45.6 Å². The van der Waals surface area contributed by atoms with Gasteiger partial charge >= 0.3 is 0 Å². The van der Waals surface area contributed by atoms with Gasteiger partial charge < -0.3 is 24.6 Å². The van der Waals surface area contributed by atoms with E-state index in [4.69, 9.17) is 16.0 Å². The summed E-state index contributed by atoms with van der Waals surface area (Å²) in [6.07, 6.45) is -0.169. The normalized spacial score (nSPS) is 19.8. The molecule has 2 aromatic carbocycles. The molecule has 1 aliphatic rings. The van der Waals surface area contributed by atoms with Crippen molar-refractivity contribution in [3.8, 4) is 22.8 Å². The zero-order valence-corrected chi connectivity index (χ0v) is 17.2. The first-order valence-electron chi connectivity index (χ1n) is 9.01. The highest BCUT2D eigenvalue weighted by atomic mass is 35.5. The predicted molar refractivity (Wildman–Crippen MR) is 114 cm³/mol. The van der Waals surface area contributed by atoms with Crippen LogP contribution in [0.3, 0.4) is 0 Å². The summed E-state index contributed by atoms with van der Waals surface area (Å²) in [6.45, 7) is 1.15. The SMILES string of the molecule is CN1CC[C@H](c2c(O)cc(O)c3c(=O)cc(-c4ccccc4Cl)oc23)[C@@H](O)C1.Cl. The standard InChI is InChI=1S/C21H20ClNO5.ClH/c1-23-7-6-12(17(27)10-23)19-14(24)8-15(25)20-16(26)9-18(28-21(19)20)11-4-2-3-5-13(11)22;/h2-5,8-9,12,17,24-25,27H,6-7,10H2,1H3;1H/t12-,17-;/m0./s1. The number of fused-ring (bicyclic) bond motifs is 1. The molecular weight excluding hydrogens is 417 g/mol. The van der Waals surface area contributed by atoms with Crippen molar-refractivity contribution >= 4 is 35.0 Å². The number of hydrogen-bond acceptors (Lipinski definition) is 6. The van der Waals surface area contributed by atoms with Gasteiger partial charge in [0, 0.05) is 35.7 Å². The van der Waals surface area contributed by atoms with Gasteiger partial charge in [-0.1, -0.05) is 23.7 Å². The Kier molecular flexibility index (Phi) is 6.10. The third-order valence-corrected chi connectivity index (χ3v) is 5.62. The number of phenolic OH excluding ortho intramolecular Hbond substituents is 2. The molecule has 0 aliphatic carbocycles. The molecule has 0 bridgehead atoms. The van der Waals surface area contributed by atoms with Gasteiger partial charge in [-0.05, 0) is 32.1 Å². The van der Waals surface area contributed by atoms with Crippen molar-refractivity contribution in [3.63, 3.8) is 0 Å². The molecule has 29 heavy (non-hydrogen) atoms. The third kappa shape index (κ3) is 3.81. The minimum absolute atomic E-state index is 0. The van der Waals surface area contributed by atoms with Crippen LogP contribution in [-0.4, -0.2) is 46.5 Å². The Hall–Kier alpha value is -2.25. The van der Waals surface area contributed by atoms with Crippen molar-refractivity contribution in [1.29, 1.82) is 0 Å². The van der Waals surface area contributed by atoms with E-state index in [-0.39, 0.29) is 40.6 Å². The van der Waals surface area contributed by atoms with Crippen molar-refractivity contribution in [2.75, 3.05) is 20.1 Å². The zero-order chi connectivity index (χ0) is 20.0. The molecule has 6 nitrogen and oxygen atoms in total. The average molecular weight is 438 g/mol. The molecule has 2 heterocycles. The van der Waals surface area contributed by atoms with E-state index in [1.54, 1.807) is 24.3 Å². The van der Waals surface area contributed by atoms with Crippen LogP contribution < -0.4 is 5.43 Å². The number of aliphatic hydroxyl groups is 1. The number of aliphatic hydroxyl groups excluding tert-OH is 1. The topological polar surface area (TPSA) is 94.1 Å². The Labute approximate surface area is 178 Å². The van der Waals surface area contributed by atoms with Crippen LogP contribution in [0.2, 0.25) is 5.02 Å². The van der Waals surface area contributed by atoms with Crippen LogP contribution in [0.4, 0.5) is 0 Å². The maximum absolute atomic E-state index is 12.8. The lowest BCUT2D eigenvalue weighted by Crippen LogP contribution is -2.40. The summed E-state index contributed by atoms with van der Waals surface area (Å²) < 4.78 is 6.00. The van der Waals surface area contributed by atoms with Crippen LogP contribution in [0.1, 0.15) is 17.9 Å². The Morgan fingerprint density at radius 3 is 2.59 bits per heavy atom. The summed E-state index contributed by atoms with van der Waals surface area (Å²) in [5, 5.41) is 31.8. The van der Waals surface area contributed by atoms with Gasteiger partial charge in [0.1, 0.15) is 28.2 Å². The highest BCUT2D eigenvalue weighted by Gasteiger charge is 2.33. The number of hydrogen-bond donors (Lipinski definition) is 3. The number of aromatic hydroxyl groups is 2. The van der Waals surface area contributed by atoms with Gasteiger partial charge in [-0.3, -0.25) is 4.79 Å². The number of benzene rings is 2. The quantitative estimate of drug-likeness (QED) is 0.565. The summed E-state index contributed by atoms with van der Waals surface area (Å²) in [5.41, 5.74) is 0.492. The molecular formula is C21H21Cl2NO5. The number of likely N-dealkylation sites (N-methyl/N-ethyl adjacent to an activating group) is 1. The van der Waals surface area contributed by atoms with E-state index in [1.165, 1.54) is 6.07 Å². The van der Waals surface area contributed by atoms with E-state index in [1.807, 2.05) is 11.9 Å². The van der Waals surface area contributed by atoms with Gasteiger partial charge in [0.25, 0.3) is 0 Å². The first-order chi connectivity index (χ1) is 13.4. The zero-order valence-electron chi connectivity index (χ0n) is 15.6. The summed E-state index contributed by atoms with van der Waals surface area (Å²) >= 11 is 6.25. The number of halogens is 2. The molecule has 1 saturated heterocycles. The Morgan fingerprint density at radius 1 is 1.17 bits per heavy atom. The van der Waals surface area contributed by atoms with E-state index in [0.29, 0.717) is 29.1 Å². The Morgan fingerprint density at radius 2 is 1.90 bits per heavy atom. The van der Waals surface area contributed by atoms with Gasteiger partial charge in [-0.25, -0.2) is 0 Å². The second-order valence-electron chi connectivity index (χ2n) is 7.21. The highest BCUT2D eigenvalue weighted by Crippen LogP contribution is 2.42. The van der Waals surface area contributed by atoms with Crippen molar-refractivity contribution in [3.05, 3.63) is 57.2 Å². The van der Waals surface area contributed by atoms with Crippen LogP contribution in [0, 0.1) is 0 Å². The smallest absolute Gasteiger partial charge is 0.197 e. The molecule has 4 rings (SSSR count). The molecule has 3 aromatic rings. The second kappa shape index (κ2) is 8.24. The highest BCUT2D eigenvalue weighted by molar-refractivity contribution is 6.33. The molecule has 154 valence electrons. The fourth-order valence-electron chi connectivity index (χ4n) is 3.90. The number of likely N-dealkylation sites (tertiary alicyclic amines) is 1. The number of rotatable bonds is 2. The lowest BCUT2D eigenvalue weighted by Gasteiger charge is -2.34. The molecule has 0 unspecified atom stereocenters. The molecule has 2 atom stereocenters. The van der Waals surface area contributed by atoms with Crippen molar-refractivity contribution in [2.45, 2.75) is 18.4 Å². The van der Waals surface area contributed by atoms with Crippen LogP contribution >= 0.6 is 24.0 Å². The summed E-state index contributed by atoms with van der Waals surface area (Å²) in [6, 6.07) is 9.35. The molecule has 0 radical (unpaired) electrons. The summed E-state index contributed by atoms with van der Waals surface area (Å²) in [7, 11) is 1.91. The predicted octanol–water partition coefficient (Wildman–Crippen LogP) is 3.73. The van der Waals surface area contributed by atoms with E-state index >= 15 is 0 Å². The molecule has 0 saturated carbocycles. The van der Waals surface area contributed by atoms with E-state index in [0.717, 1.165) is 12.6 Å². The van der Waals surface area contributed by atoms with Gasteiger partial charge in [0.2, 0.25) is 0 Å². The van der Waals surface area contributed by atoms with E-state index < -0.39 is 17.5 Å². The maximum Gasteiger partial charge on any atom is 0.197 e. The lowest BCUT2D eigenvalue weighted by atomic mass is 9.85. The third-order valence-electron chi connectivity index (χ3n) is 5.29. The van der Waals surface area contributed by atoms with Crippen LogP contribution in [0.25, 0.3) is 22.3 Å². The summed E-state index contributed by atoms with van der Waals surface area (Å²) in [5.74, 6) is -0.767. The molecule has 1 aliphatic heterocycles. The first-order valence-corrected chi connectivity index (χ1v) is 9.38. The molecule has 3 N–H and O–H groups in total. The van der Waals surface area contributed by atoms with Crippen molar-refractivity contribution in [1.82, 2.24) is 4.90 Å². The van der Waals surface area contributed by atoms with Crippen molar-refractivity contribution < 1.29 is 19.7 Å². The fourth-order valence-corrected chi connectivity index (χ4v) is 4.13. The number of β-amino-alcohol motifs (C(OH)–C–C–N with tert-alkyl or cyclic N) is 1. The Balaban J connectivity index is 0.00000240. The second-order valence-corrected chi connectivity index (χ2v) is 7.62. The van der Waals surface area contributed by atoms with Crippen LogP contribution in [-0.2, 0) is 0 Å². The van der Waals surface area contributed by atoms with E-state index in [9.17, 15) is 20.1 Å². The number of piperidine rings is 1. The number of nitrogens with zero attached hydrogens (tertiary/aromatic N) is 1. The average Bonchev–Trinajstić information content (AvgIpc) is 2.63. The number of phenols is 2. The molecule has 0 amide bonds. The van der Waals surface area contributed by atoms with Crippen molar-refractivity contribution in [2.24, 2.45) is 0 Å². The van der Waals surface area contributed by atoms with Gasteiger partial charge in [0.15, 0.2) is 5.43 Å². The van der Waals surface area contributed by atoms with Crippen LogP contribution in [0.5, 0.6) is 11.5 Å². The largest absolute Gasteiger partial charge is 0.507 e. The maximum atomic E-state index is 12.8. The minimum Gasteiger partial charge on any atom is -0.507 e. The molecule has 1 aromatic heterocycles. The van der Waals surface area contributed by atoms with Gasteiger partial charge in [-0.15, -0.1) is 12.4 Å². The Bertz CT molecular complexity index is 1110.